The number of rotatable bonds is 10. The van der Waals surface area contributed by atoms with E-state index in [0.29, 0.717) is 25.5 Å². The third-order valence-corrected chi connectivity index (χ3v) is 5.43. The van der Waals surface area contributed by atoms with Gasteiger partial charge in [-0.05, 0) is 50.2 Å². The molecule has 0 atom stereocenters. The van der Waals surface area contributed by atoms with Crippen LogP contribution in [0.1, 0.15) is 26.0 Å². The van der Waals surface area contributed by atoms with Crippen molar-refractivity contribution in [3.8, 4) is 28.1 Å². The summed E-state index contributed by atoms with van der Waals surface area (Å²) in [6.45, 7) is 5.34. The van der Waals surface area contributed by atoms with Crippen molar-refractivity contribution >= 4 is 22.9 Å². The van der Waals surface area contributed by atoms with Gasteiger partial charge in [-0.1, -0.05) is 12.1 Å². The molecular weight excluding hydrogens is 410 g/mol. The van der Waals surface area contributed by atoms with Crippen LogP contribution in [0.5, 0.6) is 11.5 Å². The second kappa shape index (κ2) is 11.1. The van der Waals surface area contributed by atoms with Crippen molar-refractivity contribution in [2.45, 2.75) is 26.7 Å². The van der Waals surface area contributed by atoms with E-state index >= 15 is 0 Å². The number of amides is 1. The minimum atomic E-state index is -0.102. The molecule has 0 aliphatic heterocycles. The average Bonchev–Trinajstić information content (AvgIpc) is 3.24. The summed E-state index contributed by atoms with van der Waals surface area (Å²) in [6, 6.07) is 17.2. The van der Waals surface area contributed by atoms with E-state index < -0.39 is 0 Å². The highest BCUT2D eigenvalue weighted by Crippen LogP contribution is 2.32. The maximum atomic E-state index is 13.1. The molecule has 2 aromatic carbocycles. The summed E-state index contributed by atoms with van der Waals surface area (Å²) in [5, 5.41) is 11.7. The van der Waals surface area contributed by atoms with Gasteiger partial charge in [0.15, 0.2) is 0 Å². The lowest BCUT2D eigenvalue weighted by Gasteiger charge is -2.22. The fourth-order valence-electron chi connectivity index (χ4n) is 3.14. The Labute approximate surface area is 186 Å². The molecule has 6 nitrogen and oxygen atoms in total. The van der Waals surface area contributed by atoms with Gasteiger partial charge in [0.1, 0.15) is 16.5 Å². The van der Waals surface area contributed by atoms with E-state index in [4.69, 9.17) is 14.7 Å². The Morgan fingerprint density at radius 3 is 2.55 bits per heavy atom. The first-order valence-electron chi connectivity index (χ1n) is 10.2. The molecule has 0 saturated carbocycles. The van der Waals surface area contributed by atoms with E-state index in [2.05, 4.69) is 11.1 Å². The molecule has 0 N–H and O–H groups in total. The van der Waals surface area contributed by atoms with Crippen molar-refractivity contribution in [2.75, 3.05) is 24.7 Å². The average molecular weight is 436 g/mol. The van der Waals surface area contributed by atoms with Crippen molar-refractivity contribution in [3.05, 3.63) is 59.6 Å². The Hall–Kier alpha value is -3.37. The van der Waals surface area contributed by atoms with Crippen LogP contribution >= 0.6 is 11.3 Å². The van der Waals surface area contributed by atoms with Gasteiger partial charge >= 0.3 is 0 Å². The van der Waals surface area contributed by atoms with Gasteiger partial charge < -0.3 is 14.4 Å². The number of nitriles is 1. The Morgan fingerprint density at radius 1 is 1.10 bits per heavy atom. The topological polar surface area (TPSA) is 75.5 Å². The lowest BCUT2D eigenvalue weighted by molar-refractivity contribution is -0.118. The van der Waals surface area contributed by atoms with Crippen molar-refractivity contribution in [2.24, 2.45) is 0 Å². The minimum Gasteiger partial charge on any atom is -0.494 e. The van der Waals surface area contributed by atoms with Crippen molar-refractivity contribution in [1.29, 1.82) is 5.26 Å². The third kappa shape index (κ3) is 5.83. The van der Waals surface area contributed by atoms with E-state index in [9.17, 15) is 4.79 Å². The number of carbonyl (C=O) groups is 1. The summed E-state index contributed by atoms with van der Waals surface area (Å²) < 4.78 is 11.2. The molecule has 0 fully saturated rings. The van der Waals surface area contributed by atoms with E-state index in [0.717, 1.165) is 27.8 Å². The zero-order valence-corrected chi connectivity index (χ0v) is 18.5. The number of para-hydroxylation sites is 1. The first kappa shape index (κ1) is 22.3. The maximum absolute atomic E-state index is 13.1. The van der Waals surface area contributed by atoms with Crippen LogP contribution in [0.25, 0.3) is 10.6 Å². The van der Waals surface area contributed by atoms with E-state index in [1.54, 1.807) is 4.90 Å². The van der Waals surface area contributed by atoms with E-state index in [1.165, 1.54) is 11.3 Å². The molecule has 0 unspecified atom stereocenters. The first-order chi connectivity index (χ1) is 15.2. The SMILES string of the molecule is CCOc1ccc(N(CCC#N)C(=O)Cc2csc(-c3ccccc3OCC)n2)cc1. The van der Waals surface area contributed by atoms with Crippen LogP contribution in [0.3, 0.4) is 0 Å². The van der Waals surface area contributed by atoms with Crippen LogP contribution in [0.15, 0.2) is 53.9 Å². The predicted octanol–water partition coefficient (Wildman–Crippen LogP) is 5.10. The first-order valence-corrected chi connectivity index (χ1v) is 11.1. The second-order valence-electron chi connectivity index (χ2n) is 6.63. The van der Waals surface area contributed by atoms with Crippen molar-refractivity contribution < 1.29 is 14.3 Å². The smallest absolute Gasteiger partial charge is 0.233 e. The molecule has 0 radical (unpaired) electrons. The highest BCUT2D eigenvalue weighted by atomic mass is 32.1. The maximum Gasteiger partial charge on any atom is 0.233 e. The molecule has 0 aliphatic carbocycles. The number of carbonyl (C=O) groups excluding carboxylic acids is 1. The zero-order chi connectivity index (χ0) is 22.1. The summed E-state index contributed by atoms with van der Waals surface area (Å²) in [5.41, 5.74) is 2.35. The summed E-state index contributed by atoms with van der Waals surface area (Å²) >= 11 is 1.49. The van der Waals surface area contributed by atoms with E-state index in [-0.39, 0.29) is 18.7 Å². The summed E-state index contributed by atoms with van der Waals surface area (Å²) in [6.07, 6.45) is 0.412. The van der Waals surface area contributed by atoms with Crippen LogP contribution < -0.4 is 14.4 Å². The number of hydrogen-bond acceptors (Lipinski definition) is 6. The van der Waals surface area contributed by atoms with Crippen molar-refractivity contribution in [3.63, 3.8) is 0 Å². The Balaban J connectivity index is 1.77. The van der Waals surface area contributed by atoms with Gasteiger partial charge in [0.2, 0.25) is 5.91 Å². The molecule has 7 heteroatoms. The molecule has 0 spiro atoms. The molecule has 31 heavy (non-hydrogen) atoms. The standard InChI is InChI=1S/C24H25N3O3S/c1-3-29-20-12-10-19(11-13-20)27(15-7-14-25)23(28)16-18-17-31-24(26-18)21-8-5-6-9-22(21)30-4-2/h5-6,8-13,17H,3-4,7,15-16H2,1-2H3. The van der Waals surface area contributed by atoms with Crippen LogP contribution in [0, 0.1) is 11.3 Å². The number of anilines is 1. The lowest BCUT2D eigenvalue weighted by atomic mass is 10.2. The minimum absolute atomic E-state index is 0.102. The Kier molecular flexibility index (Phi) is 8.02. The highest BCUT2D eigenvalue weighted by molar-refractivity contribution is 7.13. The third-order valence-electron chi connectivity index (χ3n) is 4.51. The zero-order valence-electron chi connectivity index (χ0n) is 17.7. The van der Waals surface area contributed by atoms with Gasteiger partial charge in [-0.3, -0.25) is 4.79 Å². The van der Waals surface area contributed by atoms with Gasteiger partial charge in [-0.25, -0.2) is 4.98 Å². The quantitative estimate of drug-likeness (QED) is 0.443. The molecule has 3 aromatic rings. The molecule has 1 amide bonds. The normalized spacial score (nSPS) is 10.4. The molecule has 0 bridgehead atoms. The predicted molar refractivity (Wildman–Crippen MR) is 123 cm³/mol. The molecule has 0 aliphatic rings. The fourth-order valence-corrected chi connectivity index (χ4v) is 3.98. The van der Waals surface area contributed by atoms with Gasteiger partial charge in [0.25, 0.3) is 0 Å². The monoisotopic (exact) mass is 435 g/mol. The fraction of sp³-hybridized carbons (Fsp3) is 0.292. The second-order valence-corrected chi connectivity index (χ2v) is 7.49. The molecular formula is C24H25N3O3S. The van der Waals surface area contributed by atoms with Gasteiger partial charge in [0, 0.05) is 17.6 Å². The van der Waals surface area contributed by atoms with Crippen LogP contribution in [0.2, 0.25) is 0 Å². The molecule has 1 heterocycles. The molecule has 0 saturated heterocycles. The summed E-state index contributed by atoms with van der Waals surface area (Å²) in [4.78, 5) is 19.4. The number of benzene rings is 2. The molecule has 1 aromatic heterocycles. The Morgan fingerprint density at radius 2 is 1.84 bits per heavy atom. The summed E-state index contributed by atoms with van der Waals surface area (Å²) in [7, 11) is 0. The number of nitrogens with zero attached hydrogens (tertiary/aromatic N) is 3. The largest absolute Gasteiger partial charge is 0.494 e. The summed E-state index contributed by atoms with van der Waals surface area (Å²) in [5.74, 6) is 1.42. The van der Waals surface area contributed by atoms with Crippen LogP contribution in [-0.4, -0.2) is 30.6 Å². The Bertz CT molecular complexity index is 1040. The molecule has 3 rings (SSSR count). The van der Waals surface area contributed by atoms with Crippen LogP contribution in [-0.2, 0) is 11.2 Å². The van der Waals surface area contributed by atoms with Gasteiger partial charge in [0.05, 0.1) is 43.4 Å². The van der Waals surface area contributed by atoms with Gasteiger partial charge in [-0.15, -0.1) is 11.3 Å². The van der Waals surface area contributed by atoms with E-state index in [1.807, 2.05) is 67.8 Å². The van der Waals surface area contributed by atoms with Gasteiger partial charge in [-0.2, -0.15) is 5.26 Å². The van der Waals surface area contributed by atoms with Crippen molar-refractivity contribution in [1.82, 2.24) is 4.98 Å². The number of thiazole rings is 1. The molecule has 160 valence electrons. The van der Waals surface area contributed by atoms with Crippen LogP contribution in [0.4, 0.5) is 5.69 Å². The number of ether oxygens (including phenoxy) is 2. The number of hydrogen-bond donors (Lipinski definition) is 0. The number of aromatic nitrogens is 1. The lowest BCUT2D eigenvalue weighted by Crippen LogP contribution is -2.33. The highest BCUT2D eigenvalue weighted by Gasteiger charge is 2.18.